The maximum atomic E-state index is 11.9. The molecule has 0 aromatic heterocycles. The monoisotopic (exact) mass is 280 g/mol. The van der Waals surface area contributed by atoms with Gasteiger partial charge in [0.15, 0.2) is 0 Å². The van der Waals surface area contributed by atoms with Gasteiger partial charge in [-0.25, -0.2) is 0 Å². The highest BCUT2D eigenvalue weighted by molar-refractivity contribution is 5.91. The molecule has 5 nitrogen and oxygen atoms in total. The van der Waals surface area contributed by atoms with Gasteiger partial charge >= 0.3 is 0 Å². The number of anilines is 1. The Kier molecular flexibility index (Phi) is 5.98. The average molecular weight is 280 g/mol. The molecule has 0 radical (unpaired) electrons. The summed E-state index contributed by atoms with van der Waals surface area (Å²) in [6.07, 6.45) is 0.286. The second-order valence-corrected chi connectivity index (χ2v) is 5.15. The highest BCUT2D eigenvalue weighted by atomic mass is 16.5. The number of methoxy groups -OCH3 is 1. The van der Waals surface area contributed by atoms with Crippen molar-refractivity contribution in [2.75, 3.05) is 19.0 Å². The lowest BCUT2D eigenvalue weighted by Crippen LogP contribution is -2.29. The van der Waals surface area contributed by atoms with Gasteiger partial charge in [0, 0.05) is 24.9 Å². The lowest BCUT2D eigenvalue weighted by molar-refractivity contribution is -0.121. The number of ether oxygens (including phenoxy) is 2. The molecule has 0 atom stereocenters. The van der Waals surface area contributed by atoms with Crippen LogP contribution in [0.25, 0.3) is 0 Å². The van der Waals surface area contributed by atoms with Crippen molar-refractivity contribution in [2.24, 2.45) is 5.73 Å². The minimum absolute atomic E-state index is 0.0935. The number of amides is 1. The van der Waals surface area contributed by atoms with Gasteiger partial charge in [-0.2, -0.15) is 0 Å². The quantitative estimate of drug-likeness (QED) is 0.803. The molecule has 0 aliphatic carbocycles. The van der Waals surface area contributed by atoms with Crippen molar-refractivity contribution < 1.29 is 14.3 Å². The predicted molar refractivity (Wildman–Crippen MR) is 79.8 cm³/mol. The van der Waals surface area contributed by atoms with Crippen LogP contribution in [-0.4, -0.2) is 25.2 Å². The van der Waals surface area contributed by atoms with Crippen LogP contribution in [0.15, 0.2) is 18.2 Å². The average Bonchev–Trinajstić information content (AvgIpc) is 2.40. The van der Waals surface area contributed by atoms with Crippen LogP contribution in [0.3, 0.4) is 0 Å². The third-order valence-electron chi connectivity index (χ3n) is 3.00. The molecule has 0 spiro atoms. The zero-order valence-corrected chi connectivity index (χ0v) is 12.7. The minimum Gasteiger partial charge on any atom is -0.494 e. The van der Waals surface area contributed by atoms with Gasteiger partial charge < -0.3 is 20.5 Å². The molecule has 20 heavy (non-hydrogen) atoms. The Bertz CT molecular complexity index is 458. The van der Waals surface area contributed by atoms with E-state index in [0.717, 1.165) is 11.3 Å². The molecule has 0 saturated heterocycles. The van der Waals surface area contributed by atoms with E-state index in [1.807, 2.05) is 39.0 Å². The van der Waals surface area contributed by atoms with E-state index in [1.165, 1.54) is 0 Å². The van der Waals surface area contributed by atoms with Crippen molar-refractivity contribution in [1.29, 1.82) is 0 Å². The maximum Gasteiger partial charge on any atom is 0.227 e. The lowest BCUT2D eigenvalue weighted by Gasteiger charge is -2.22. The summed E-state index contributed by atoms with van der Waals surface area (Å²) in [6.45, 7) is 6.61. The summed E-state index contributed by atoms with van der Waals surface area (Å²) >= 11 is 0. The number of benzene rings is 1. The molecule has 0 heterocycles. The fourth-order valence-corrected chi connectivity index (χ4v) is 1.78. The van der Waals surface area contributed by atoms with E-state index >= 15 is 0 Å². The second kappa shape index (κ2) is 7.26. The van der Waals surface area contributed by atoms with Gasteiger partial charge in [0.1, 0.15) is 5.75 Å². The molecule has 0 fully saturated rings. The Morgan fingerprint density at radius 2 is 2.10 bits per heavy atom. The van der Waals surface area contributed by atoms with Crippen LogP contribution in [-0.2, 0) is 16.1 Å². The Labute approximate surface area is 120 Å². The first kappa shape index (κ1) is 16.5. The van der Waals surface area contributed by atoms with Gasteiger partial charge in [-0.3, -0.25) is 4.79 Å². The van der Waals surface area contributed by atoms with Crippen molar-refractivity contribution in [2.45, 2.75) is 39.3 Å². The number of carbonyl (C=O) groups excluding carboxylic acids is 1. The molecule has 5 heteroatoms. The molecular formula is C15H24N2O3. The molecular weight excluding hydrogens is 256 g/mol. The first-order valence-corrected chi connectivity index (χ1v) is 6.72. The Morgan fingerprint density at radius 1 is 1.40 bits per heavy atom. The first-order chi connectivity index (χ1) is 9.41. The summed E-state index contributed by atoms with van der Waals surface area (Å²) in [5.41, 5.74) is 6.80. The summed E-state index contributed by atoms with van der Waals surface area (Å²) in [4.78, 5) is 11.9. The molecule has 0 bridgehead atoms. The van der Waals surface area contributed by atoms with E-state index in [1.54, 1.807) is 7.11 Å². The van der Waals surface area contributed by atoms with E-state index in [-0.39, 0.29) is 12.3 Å². The molecule has 1 rings (SSSR count). The zero-order valence-electron chi connectivity index (χ0n) is 12.7. The lowest BCUT2D eigenvalue weighted by atomic mass is 10.0. The van der Waals surface area contributed by atoms with Crippen LogP contribution < -0.4 is 15.8 Å². The number of carbonyl (C=O) groups is 1. The third kappa shape index (κ3) is 4.83. The first-order valence-electron chi connectivity index (χ1n) is 6.72. The third-order valence-corrected chi connectivity index (χ3v) is 3.00. The fourth-order valence-electron chi connectivity index (χ4n) is 1.78. The van der Waals surface area contributed by atoms with Crippen LogP contribution in [0.4, 0.5) is 5.69 Å². The molecule has 1 aromatic rings. The molecule has 1 amide bonds. The Hall–Kier alpha value is -1.59. The maximum absolute atomic E-state index is 11.9. The molecule has 1 aromatic carbocycles. The fraction of sp³-hybridized carbons (Fsp3) is 0.533. The number of hydrogen-bond acceptors (Lipinski definition) is 4. The van der Waals surface area contributed by atoms with Crippen LogP contribution in [0.5, 0.6) is 5.75 Å². The van der Waals surface area contributed by atoms with E-state index in [2.05, 4.69) is 5.32 Å². The summed E-state index contributed by atoms with van der Waals surface area (Å²) in [6, 6.07) is 5.47. The van der Waals surface area contributed by atoms with Crippen LogP contribution in [0.1, 0.15) is 32.8 Å². The number of nitrogens with one attached hydrogen (secondary N) is 1. The molecule has 0 unspecified atom stereocenters. The smallest absolute Gasteiger partial charge is 0.227 e. The number of hydrogen-bond donors (Lipinski definition) is 2. The van der Waals surface area contributed by atoms with Crippen LogP contribution in [0, 0.1) is 0 Å². The second-order valence-electron chi connectivity index (χ2n) is 5.15. The van der Waals surface area contributed by atoms with Gasteiger partial charge in [0.25, 0.3) is 0 Å². The zero-order chi connectivity index (χ0) is 15.2. The van der Waals surface area contributed by atoms with Gasteiger partial charge in [-0.1, -0.05) is 0 Å². The van der Waals surface area contributed by atoms with E-state index in [0.29, 0.717) is 18.8 Å². The van der Waals surface area contributed by atoms with Gasteiger partial charge in [0.2, 0.25) is 5.91 Å². The van der Waals surface area contributed by atoms with Crippen molar-refractivity contribution in [3.8, 4) is 5.75 Å². The topological polar surface area (TPSA) is 73.6 Å². The van der Waals surface area contributed by atoms with Gasteiger partial charge in [-0.15, -0.1) is 0 Å². The van der Waals surface area contributed by atoms with Crippen molar-refractivity contribution in [1.82, 2.24) is 0 Å². The highest BCUT2D eigenvalue weighted by Gasteiger charge is 2.21. The normalized spacial score (nSPS) is 11.2. The summed E-state index contributed by atoms with van der Waals surface area (Å²) in [5, 5.41) is 2.85. The highest BCUT2D eigenvalue weighted by Crippen LogP contribution is 2.23. The standard InChI is InChI=1S/C15H24N2O3/c1-5-20-13-7-6-12(8-11(13)10-16)17-14(18)9-15(2,3)19-4/h6-8H,5,9-10,16H2,1-4H3,(H,17,18). The van der Waals surface area contributed by atoms with E-state index in [4.69, 9.17) is 15.2 Å². The van der Waals surface area contributed by atoms with E-state index in [9.17, 15) is 4.79 Å². The molecule has 112 valence electrons. The van der Waals surface area contributed by atoms with E-state index < -0.39 is 5.60 Å². The molecule has 3 N–H and O–H groups in total. The molecule has 0 aliphatic rings. The summed E-state index contributed by atoms with van der Waals surface area (Å²) in [7, 11) is 1.59. The van der Waals surface area contributed by atoms with Gasteiger partial charge in [-0.05, 0) is 39.0 Å². The Balaban J connectivity index is 2.75. The minimum atomic E-state index is -0.480. The van der Waals surface area contributed by atoms with Crippen molar-refractivity contribution >= 4 is 11.6 Å². The summed E-state index contributed by atoms with van der Waals surface area (Å²) in [5.74, 6) is 0.661. The molecule has 0 aliphatic heterocycles. The largest absolute Gasteiger partial charge is 0.494 e. The predicted octanol–water partition coefficient (Wildman–Crippen LogP) is 2.30. The van der Waals surface area contributed by atoms with Crippen LogP contribution >= 0.6 is 0 Å². The van der Waals surface area contributed by atoms with Crippen molar-refractivity contribution in [3.63, 3.8) is 0 Å². The SMILES string of the molecule is CCOc1ccc(NC(=O)CC(C)(C)OC)cc1CN. The molecule has 0 saturated carbocycles. The number of nitrogens with two attached hydrogens (primary N) is 1. The van der Waals surface area contributed by atoms with Crippen LogP contribution in [0.2, 0.25) is 0 Å². The summed E-state index contributed by atoms with van der Waals surface area (Å²) < 4.78 is 10.7. The number of rotatable bonds is 7. The van der Waals surface area contributed by atoms with Crippen molar-refractivity contribution in [3.05, 3.63) is 23.8 Å². The van der Waals surface area contributed by atoms with Gasteiger partial charge in [0.05, 0.1) is 18.6 Å². The Morgan fingerprint density at radius 3 is 2.65 bits per heavy atom.